The van der Waals surface area contributed by atoms with E-state index in [0.717, 1.165) is 0 Å². The van der Waals surface area contributed by atoms with Gasteiger partial charge in [0.2, 0.25) is 0 Å². The van der Waals surface area contributed by atoms with Crippen LogP contribution in [0, 0.1) is 0 Å². The zero-order valence-corrected chi connectivity index (χ0v) is 14.3. The van der Waals surface area contributed by atoms with Gasteiger partial charge in [0.25, 0.3) is 0 Å². The lowest BCUT2D eigenvalue weighted by Gasteiger charge is -2.45. The van der Waals surface area contributed by atoms with E-state index in [4.69, 9.17) is 18.9 Å². The topological polar surface area (TPSA) is 108 Å². The molecular formula is C13H16BrNO8. The van der Waals surface area contributed by atoms with Gasteiger partial charge in [-0.05, 0) is 0 Å². The molecule has 3 unspecified atom stereocenters. The van der Waals surface area contributed by atoms with Crippen LogP contribution in [0.2, 0.25) is 0 Å². The number of alkyl halides is 1. The number of esters is 3. The number of hydrogen-bond acceptors (Lipinski definition) is 8. The van der Waals surface area contributed by atoms with Crippen LogP contribution < -0.4 is 0 Å². The third-order valence-electron chi connectivity index (χ3n) is 3.42. The van der Waals surface area contributed by atoms with Crippen molar-refractivity contribution in [2.24, 2.45) is 0 Å². The van der Waals surface area contributed by atoms with Crippen LogP contribution in [-0.2, 0) is 33.3 Å². The van der Waals surface area contributed by atoms with Crippen molar-refractivity contribution in [2.75, 3.05) is 6.61 Å². The van der Waals surface area contributed by atoms with Gasteiger partial charge in [0, 0.05) is 20.8 Å². The molecule has 128 valence electrons. The Kier molecular flexibility index (Phi) is 5.12. The molecular weight excluding hydrogens is 378 g/mol. The van der Waals surface area contributed by atoms with E-state index in [1.807, 2.05) is 0 Å². The summed E-state index contributed by atoms with van der Waals surface area (Å²) in [6, 6.07) is -0.660. The number of hydrogen-bond donors (Lipinski definition) is 0. The highest BCUT2D eigenvalue weighted by atomic mass is 79.9. The molecule has 10 heteroatoms. The maximum Gasteiger partial charge on any atom is 0.411 e. The Bertz CT molecular complexity index is 538. The third-order valence-corrected chi connectivity index (χ3v) is 4.38. The van der Waals surface area contributed by atoms with Crippen LogP contribution in [0.5, 0.6) is 0 Å². The molecule has 0 aliphatic carbocycles. The summed E-state index contributed by atoms with van der Waals surface area (Å²) in [6.07, 6.45) is -3.78. The lowest BCUT2D eigenvalue weighted by atomic mass is 9.94. The van der Waals surface area contributed by atoms with E-state index in [1.165, 1.54) is 25.7 Å². The smallest absolute Gasteiger partial charge is 0.411 e. The molecule has 0 radical (unpaired) electrons. The van der Waals surface area contributed by atoms with E-state index >= 15 is 0 Å². The number of carbonyl (C=O) groups excluding carboxylic acids is 4. The zero-order chi connectivity index (χ0) is 17.3. The molecule has 0 aromatic rings. The second-order valence-electron chi connectivity index (χ2n) is 5.15. The minimum Gasteiger partial charge on any atom is -0.456 e. The summed E-state index contributed by atoms with van der Waals surface area (Å²) in [6.45, 7) is 3.51. The predicted octanol–water partition coefficient (Wildman–Crippen LogP) is 0.337. The molecule has 1 amide bonds. The summed E-state index contributed by atoms with van der Waals surface area (Å²) in [7, 11) is 0. The van der Waals surface area contributed by atoms with Crippen LogP contribution in [0.4, 0.5) is 4.79 Å². The highest BCUT2D eigenvalue weighted by molar-refractivity contribution is 9.09. The first-order chi connectivity index (χ1) is 10.7. The summed E-state index contributed by atoms with van der Waals surface area (Å²) < 4.78 is 20.6. The SMILES string of the molecule is CC(=O)OC1C(OC(C)=O)[C@@H](Br)N2C(=O)OCC2[C@H]1OC(C)=O. The summed E-state index contributed by atoms with van der Waals surface area (Å²) in [5.74, 6) is -1.90. The van der Waals surface area contributed by atoms with E-state index < -0.39 is 53.3 Å². The van der Waals surface area contributed by atoms with Gasteiger partial charge in [-0.25, -0.2) is 4.79 Å². The van der Waals surface area contributed by atoms with Crippen LogP contribution >= 0.6 is 15.9 Å². The number of fused-ring (bicyclic) bond motifs is 1. The maximum absolute atomic E-state index is 11.9. The van der Waals surface area contributed by atoms with Gasteiger partial charge < -0.3 is 18.9 Å². The first-order valence-corrected chi connectivity index (χ1v) is 7.74. The van der Waals surface area contributed by atoms with Gasteiger partial charge in [-0.3, -0.25) is 19.3 Å². The highest BCUT2D eigenvalue weighted by Gasteiger charge is 2.58. The van der Waals surface area contributed by atoms with Crippen molar-refractivity contribution in [1.82, 2.24) is 4.90 Å². The minimum atomic E-state index is -1.07. The van der Waals surface area contributed by atoms with Gasteiger partial charge in [-0.1, -0.05) is 15.9 Å². The molecule has 2 fully saturated rings. The van der Waals surface area contributed by atoms with Crippen molar-refractivity contribution < 1.29 is 38.1 Å². The predicted molar refractivity (Wildman–Crippen MR) is 76.4 cm³/mol. The van der Waals surface area contributed by atoms with Gasteiger partial charge >= 0.3 is 24.0 Å². The number of carbonyl (C=O) groups is 4. The Morgan fingerprint density at radius 3 is 2.00 bits per heavy atom. The molecule has 0 bridgehead atoms. The molecule has 2 saturated heterocycles. The summed E-state index contributed by atoms with van der Waals surface area (Å²) in [4.78, 5) is 46.5. The van der Waals surface area contributed by atoms with Gasteiger partial charge in [-0.15, -0.1) is 0 Å². The van der Waals surface area contributed by atoms with E-state index in [2.05, 4.69) is 15.9 Å². The molecule has 2 heterocycles. The van der Waals surface area contributed by atoms with Crippen molar-refractivity contribution in [3.8, 4) is 0 Å². The molecule has 2 rings (SSSR count). The number of ether oxygens (including phenoxy) is 4. The van der Waals surface area contributed by atoms with Crippen molar-refractivity contribution in [1.29, 1.82) is 0 Å². The molecule has 0 N–H and O–H groups in total. The Balaban J connectivity index is 2.40. The third kappa shape index (κ3) is 3.57. The van der Waals surface area contributed by atoms with Gasteiger partial charge in [0.1, 0.15) is 17.6 Å². The Morgan fingerprint density at radius 2 is 1.48 bits per heavy atom. The van der Waals surface area contributed by atoms with Crippen molar-refractivity contribution in [2.45, 2.75) is 50.1 Å². The van der Waals surface area contributed by atoms with E-state index in [9.17, 15) is 19.2 Å². The van der Waals surface area contributed by atoms with E-state index in [1.54, 1.807) is 0 Å². The Hall–Kier alpha value is -1.84. The molecule has 9 nitrogen and oxygen atoms in total. The second-order valence-corrected chi connectivity index (χ2v) is 6.08. The van der Waals surface area contributed by atoms with Crippen LogP contribution in [0.15, 0.2) is 0 Å². The Morgan fingerprint density at radius 1 is 1.00 bits per heavy atom. The number of amides is 1. The van der Waals surface area contributed by atoms with Crippen LogP contribution in [0.3, 0.4) is 0 Å². The fraction of sp³-hybridized carbons (Fsp3) is 0.692. The fourth-order valence-corrected chi connectivity index (χ4v) is 3.56. The van der Waals surface area contributed by atoms with Gasteiger partial charge in [0.15, 0.2) is 18.3 Å². The number of nitrogens with zero attached hydrogens (tertiary/aromatic N) is 1. The molecule has 0 aromatic carbocycles. The first kappa shape index (κ1) is 17.5. The molecule has 0 aromatic heterocycles. The number of halogens is 1. The summed E-state index contributed by atoms with van der Waals surface area (Å²) >= 11 is 3.27. The van der Waals surface area contributed by atoms with Crippen molar-refractivity contribution in [3.63, 3.8) is 0 Å². The zero-order valence-electron chi connectivity index (χ0n) is 12.7. The molecule has 5 atom stereocenters. The molecule has 23 heavy (non-hydrogen) atoms. The molecule has 0 saturated carbocycles. The minimum absolute atomic E-state index is 0.0383. The monoisotopic (exact) mass is 393 g/mol. The van der Waals surface area contributed by atoms with E-state index in [0.29, 0.717) is 0 Å². The fourth-order valence-electron chi connectivity index (χ4n) is 2.68. The van der Waals surface area contributed by atoms with Crippen molar-refractivity contribution in [3.05, 3.63) is 0 Å². The maximum atomic E-state index is 11.9. The average molecular weight is 394 g/mol. The van der Waals surface area contributed by atoms with Gasteiger partial charge in [-0.2, -0.15) is 0 Å². The second kappa shape index (κ2) is 6.73. The first-order valence-electron chi connectivity index (χ1n) is 6.83. The summed E-state index contributed by atoms with van der Waals surface area (Å²) in [5.41, 5.74) is 0. The Labute approximate surface area is 140 Å². The number of piperidine rings is 1. The largest absolute Gasteiger partial charge is 0.456 e. The van der Waals surface area contributed by atoms with Gasteiger partial charge in [0.05, 0.1) is 0 Å². The number of rotatable bonds is 3. The molecule has 0 spiro atoms. The van der Waals surface area contributed by atoms with Crippen LogP contribution in [0.1, 0.15) is 20.8 Å². The quantitative estimate of drug-likeness (QED) is 0.292. The van der Waals surface area contributed by atoms with Crippen LogP contribution in [0.25, 0.3) is 0 Å². The molecule has 2 aliphatic heterocycles. The number of cyclic esters (lactones) is 1. The average Bonchev–Trinajstić information content (AvgIpc) is 2.79. The molecule has 2 aliphatic rings. The normalized spacial score (nSPS) is 32.6. The standard InChI is InChI=1S/C13H16BrNO8/c1-5(16)21-9-8-4-20-13(19)15(8)12(14)11(23-7(3)18)10(9)22-6(2)17/h8-12H,4H2,1-3H3/t8?,9-,10?,11?,12+/m1/s1. The lowest BCUT2D eigenvalue weighted by Crippen LogP contribution is -2.66. The lowest BCUT2D eigenvalue weighted by molar-refractivity contribution is -0.199. The highest BCUT2D eigenvalue weighted by Crippen LogP contribution is 2.37. The van der Waals surface area contributed by atoms with Crippen LogP contribution in [-0.4, -0.2) is 64.8 Å². The van der Waals surface area contributed by atoms with Crippen molar-refractivity contribution >= 4 is 39.9 Å². The van der Waals surface area contributed by atoms with E-state index in [-0.39, 0.29) is 6.61 Å². The summed E-state index contributed by atoms with van der Waals surface area (Å²) in [5, 5.41) is 0.